The molecular weight excluding hydrogens is 488 g/mol. The molecule has 2 fully saturated rings. The lowest BCUT2D eigenvalue weighted by atomic mass is 9.90. The lowest BCUT2D eigenvalue weighted by Crippen LogP contribution is -2.38. The molecule has 7 nitrogen and oxygen atoms in total. The number of nitrogens with zero attached hydrogens (tertiary/aromatic N) is 2. The summed E-state index contributed by atoms with van der Waals surface area (Å²) < 4.78 is 5.09. The van der Waals surface area contributed by atoms with Gasteiger partial charge in [0.2, 0.25) is 5.91 Å². The van der Waals surface area contributed by atoms with Crippen molar-refractivity contribution in [2.75, 3.05) is 17.1 Å². The Kier molecular flexibility index (Phi) is 5.88. The second kappa shape index (κ2) is 9.11. The average molecular weight is 517 g/mol. The zero-order chi connectivity index (χ0) is 25.8. The van der Waals surface area contributed by atoms with Crippen LogP contribution >= 0.6 is 11.3 Å². The van der Waals surface area contributed by atoms with Crippen molar-refractivity contribution >= 4 is 39.8 Å². The average Bonchev–Trinajstić information content (AvgIpc) is 3.54. The molecule has 3 aliphatic rings. The predicted octanol–water partition coefficient (Wildman–Crippen LogP) is 5.08. The third kappa shape index (κ3) is 3.69. The highest BCUT2D eigenvalue weighted by Crippen LogP contribution is 2.50. The smallest absolute Gasteiger partial charge is 0.341 e. The molecule has 0 bridgehead atoms. The van der Waals surface area contributed by atoms with Gasteiger partial charge in [0.15, 0.2) is 6.10 Å². The fourth-order valence-electron chi connectivity index (χ4n) is 5.76. The van der Waals surface area contributed by atoms with E-state index in [1.807, 2.05) is 62.4 Å². The fraction of sp³-hybridized carbons (Fsp3) is 0.345. The number of carbonyl (C=O) groups excluding carboxylic acids is 3. The van der Waals surface area contributed by atoms with E-state index in [-0.39, 0.29) is 5.91 Å². The first-order chi connectivity index (χ1) is 17.9. The van der Waals surface area contributed by atoms with Gasteiger partial charge in [0, 0.05) is 4.88 Å². The van der Waals surface area contributed by atoms with Gasteiger partial charge in [0.1, 0.15) is 10.9 Å². The Labute approximate surface area is 219 Å². The van der Waals surface area contributed by atoms with Crippen LogP contribution in [0.15, 0.2) is 48.5 Å². The predicted molar refractivity (Wildman–Crippen MR) is 141 cm³/mol. The highest BCUT2D eigenvalue weighted by Gasteiger charge is 2.61. The number of carbonyl (C=O) groups is 3. The van der Waals surface area contributed by atoms with Crippen LogP contribution in [0.3, 0.4) is 0 Å². The molecule has 0 N–H and O–H groups in total. The van der Waals surface area contributed by atoms with Crippen molar-refractivity contribution in [2.24, 2.45) is 5.92 Å². The van der Waals surface area contributed by atoms with Crippen LogP contribution in [0.1, 0.15) is 56.4 Å². The minimum absolute atomic E-state index is 0.347. The number of ether oxygens (including phenoxy) is 1. The van der Waals surface area contributed by atoms with Crippen LogP contribution < -0.4 is 9.96 Å². The van der Waals surface area contributed by atoms with Crippen molar-refractivity contribution in [1.29, 1.82) is 0 Å². The molecule has 8 heteroatoms. The first kappa shape index (κ1) is 23.9. The number of rotatable bonds is 4. The van der Waals surface area contributed by atoms with Crippen LogP contribution in [0, 0.1) is 19.8 Å². The molecule has 3 heterocycles. The molecule has 1 aromatic heterocycles. The number of methoxy groups -OCH3 is 1. The van der Waals surface area contributed by atoms with Crippen molar-refractivity contribution in [2.45, 2.75) is 51.7 Å². The molecule has 2 amide bonds. The van der Waals surface area contributed by atoms with Gasteiger partial charge >= 0.3 is 5.97 Å². The summed E-state index contributed by atoms with van der Waals surface area (Å²) in [6.45, 7) is 3.99. The van der Waals surface area contributed by atoms with Crippen molar-refractivity contribution in [3.63, 3.8) is 0 Å². The van der Waals surface area contributed by atoms with E-state index in [9.17, 15) is 14.4 Å². The molecule has 190 valence electrons. The van der Waals surface area contributed by atoms with Crippen molar-refractivity contribution in [3.8, 4) is 0 Å². The van der Waals surface area contributed by atoms with E-state index in [0.717, 1.165) is 58.5 Å². The number of hydroxylamine groups is 1. The number of imide groups is 1. The molecule has 1 aliphatic carbocycles. The Morgan fingerprint density at radius 1 is 1.00 bits per heavy atom. The van der Waals surface area contributed by atoms with Gasteiger partial charge in [-0.2, -0.15) is 0 Å². The molecule has 0 spiro atoms. The molecule has 0 radical (unpaired) electrons. The molecule has 2 aliphatic heterocycles. The summed E-state index contributed by atoms with van der Waals surface area (Å²) in [5.74, 6) is -2.05. The summed E-state index contributed by atoms with van der Waals surface area (Å²) >= 11 is 1.36. The highest BCUT2D eigenvalue weighted by molar-refractivity contribution is 7.17. The van der Waals surface area contributed by atoms with Crippen molar-refractivity contribution in [3.05, 3.63) is 81.2 Å². The second-order valence-electron chi connectivity index (χ2n) is 9.91. The van der Waals surface area contributed by atoms with E-state index >= 15 is 0 Å². The maximum Gasteiger partial charge on any atom is 0.341 e. The molecular formula is C29H28N2O5S. The van der Waals surface area contributed by atoms with Gasteiger partial charge in [0.05, 0.1) is 24.4 Å². The first-order valence-electron chi connectivity index (χ1n) is 12.6. The topological polar surface area (TPSA) is 76.2 Å². The van der Waals surface area contributed by atoms with Gasteiger partial charge in [-0.25, -0.2) is 14.8 Å². The lowest BCUT2D eigenvalue weighted by Gasteiger charge is -2.29. The number of para-hydroxylation sites is 1. The molecule has 2 aromatic carbocycles. The second-order valence-corrected chi connectivity index (χ2v) is 11.0. The number of hydrogen-bond acceptors (Lipinski definition) is 7. The van der Waals surface area contributed by atoms with Crippen LogP contribution in [0.4, 0.5) is 10.7 Å². The van der Waals surface area contributed by atoms with E-state index in [1.165, 1.54) is 23.3 Å². The largest absolute Gasteiger partial charge is 0.465 e. The van der Waals surface area contributed by atoms with Gasteiger partial charge in [-0.3, -0.25) is 14.4 Å². The van der Waals surface area contributed by atoms with Crippen LogP contribution in [0.5, 0.6) is 0 Å². The standard InChI is InChI=1S/C29H28N2O5S/c1-16-12-14-18(15-13-16)24-23-25(36-31(24)20-10-6-4-8-17(20)2)27(33)30(26(23)32)28-22(29(34)35-3)19-9-5-7-11-21(19)37-28/h4,6,8,10,12-15,23-25H,5,7,9,11H2,1-3H3/t23-,24-,25+/m0/s1. The number of thiophene rings is 1. The number of amides is 2. The number of hydrogen-bond donors (Lipinski definition) is 0. The lowest BCUT2D eigenvalue weighted by molar-refractivity contribution is -0.126. The van der Waals surface area contributed by atoms with Crippen LogP contribution in [-0.4, -0.2) is 31.0 Å². The van der Waals surface area contributed by atoms with Gasteiger partial charge in [-0.1, -0.05) is 48.0 Å². The minimum Gasteiger partial charge on any atom is -0.465 e. The molecule has 2 saturated heterocycles. The molecule has 3 aromatic rings. The maximum atomic E-state index is 14.1. The summed E-state index contributed by atoms with van der Waals surface area (Å²) in [5, 5.41) is 2.10. The zero-order valence-electron chi connectivity index (χ0n) is 21.0. The summed E-state index contributed by atoms with van der Waals surface area (Å²) in [4.78, 5) is 49.5. The van der Waals surface area contributed by atoms with Crippen molar-refractivity contribution < 1.29 is 24.0 Å². The monoisotopic (exact) mass is 516 g/mol. The Morgan fingerprint density at radius 2 is 1.73 bits per heavy atom. The minimum atomic E-state index is -0.983. The van der Waals surface area contributed by atoms with Gasteiger partial charge < -0.3 is 4.74 Å². The van der Waals surface area contributed by atoms with E-state index < -0.39 is 29.9 Å². The Morgan fingerprint density at radius 3 is 2.46 bits per heavy atom. The SMILES string of the molecule is COC(=O)c1c(N2C(=O)[C@@H]3[C@@H](ON(c4ccccc4C)[C@H]3c3ccc(C)cc3)C2=O)sc2c1CCCC2. The van der Waals surface area contributed by atoms with E-state index in [1.54, 1.807) is 5.06 Å². The number of benzene rings is 2. The third-order valence-electron chi connectivity index (χ3n) is 7.63. The third-order valence-corrected chi connectivity index (χ3v) is 8.91. The quantitative estimate of drug-likeness (QED) is 0.356. The Balaban J connectivity index is 1.46. The molecule has 3 atom stereocenters. The normalized spacial score (nSPS) is 22.8. The van der Waals surface area contributed by atoms with Crippen LogP contribution in [-0.2, 0) is 32.0 Å². The van der Waals surface area contributed by atoms with E-state index in [2.05, 4.69) is 0 Å². The number of anilines is 2. The molecule has 37 heavy (non-hydrogen) atoms. The van der Waals surface area contributed by atoms with Crippen LogP contribution in [0.25, 0.3) is 0 Å². The Bertz CT molecular complexity index is 1410. The number of aryl methyl sites for hydroxylation is 3. The fourth-order valence-corrected chi connectivity index (χ4v) is 7.15. The summed E-state index contributed by atoms with van der Waals surface area (Å²) in [6.07, 6.45) is 2.57. The van der Waals surface area contributed by atoms with E-state index in [4.69, 9.17) is 9.57 Å². The number of esters is 1. The van der Waals surface area contributed by atoms with Gasteiger partial charge in [-0.05, 0) is 62.3 Å². The zero-order valence-corrected chi connectivity index (χ0v) is 21.8. The maximum absolute atomic E-state index is 14.1. The molecule has 6 rings (SSSR count). The summed E-state index contributed by atoms with van der Waals surface area (Å²) in [5.41, 5.74) is 5.05. The molecule has 0 saturated carbocycles. The summed E-state index contributed by atoms with van der Waals surface area (Å²) in [6, 6.07) is 15.3. The highest BCUT2D eigenvalue weighted by atomic mass is 32.1. The van der Waals surface area contributed by atoms with Crippen LogP contribution in [0.2, 0.25) is 0 Å². The van der Waals surface area contributed by atoms with E-state index in [0.29, 0.717) is 10.6 Å². The first-order valence-corrected chi connectivity index (χ1v) is 13.4. The molecule has 0 unspecified atom stereocenters. The van der Waals surface area contributed by atoms with Gasteiger partial charge in [0.25, 0.3) is 5.91 Å². The number of fused-ring (bicyclic) bond motifs is 2. The Hall–Kier alpha value is -3.49. The van der Waals surface area contributed by atoms with Gasteiger partial charge in [-0.15, -0.1) is 11.3 Å². The summed E-state index contributed by atoms with van der Waals surface area (Å²) in [7, 11) is 1.33. The van der Waals surface area contributed by atoms with Crippen molar-refractivity contribution in [1.82, 2.24) is 0 Å².